The van der Waals surface area contributed by atoms with Gasteiger partial charge in [-0.15, -0.1) is 9.42 Å². The minimum absolute atomic E-state index is 0.0655. The Morgan fingerprint density at radius 1 is 1.09 bits per heavy atom. The fourth-order valence-electron chi connectivity index (χ4n) is 5.44. The van der Waals surface area contributed by atoms with Gasteiger partial charge in [0, 0.05) is 11.7 Å². The van der Waals surface area contributed by atoms with Crippen molar-refractivity contribution in [2.45, 2.75) is 55.9 Å². The van der Waals surface area contributed by atoms with Crippen LogP contribution in [0.4, 0.5) is 5.95 Å². The van der Waals surface area contributed by atoms with E-state index in [-0.39, 0.29) is 17.1 Å². The molecule has 0 amide bonds. The van der Waals surface area contributed by atoms with Gasteiger partial charge in [0.15, 0.2) is 35.3 Å². The molecule has 252 valence electrons. The van der Waals surface area contributed by atoms with Crippen molar-refractivity contribution in [2.24, 2.45) is 5.18 Å². The summed E-state index contributed by atoms with van der Waals surface area (Å²) in [6.07, 6.45) is -5.47. The van der Waals surface area contributed by atoms with Crippen LogP contribution in [-0.2, 0) is 36.9 Å². The number of phosphoric ester groups is 1. The van der Waals surface area contributed by atoms with Crippen LogP contribution in [0.2, 0.25) is 0 Å². The average molecular weight is 701 g/mol. The summed E-state index contributed by atoms with van der Waals surface area (Å²) >= 11 is 0. The fraction of sp³-hybridized carbons (Fsp3) is 0.545. The Morgan fingerprint density at radius 2 is 1.79 bits per heavy atom. The molecule has 47 heavy (non-hydrogen) atoms. The molecule has 2 fully saturated rings. The van der Waals surface area contributed by atoms with Crippen LogP contribution in [0.3, 0.4) is 0 Å². The highest BCUT2D eigenvalue weighted by Crippen LogP contribution is 2.50. The Kier molecular flexibility index (Phi) is 9.21. The van der Waals surface area contributed by atoms with Gasteiger partial charge in [-0.1, -0.05) is 5.18 Å². The van der Waals surface area contributed by atoms with Crippen LogP contribution >= 0.6 is 16.1 Å². The summed E-state index contributed by atoms with van der Waals surface area (Å²) in [5, 5.41) is 13.7. The fourth-order valence-corrected chi connectivity index (χ4v) is 6.68. The largest absolute Gasteiger partial charge is 0.694 e. The van der Waals surface area contributed by atoms with E-state index in [9.17, 15) is 33.7 Å². The summed E-state index contributed by atoms with van der Waals surface area (Å²) < 4.78 is 60.0. The standard InChI is InChI=1S/C22H26N10O13P2/c1-8-11-17(25-5-24-8)31(6-26-11)21-16(40-2)15(10(44-21)3-41-46(36)37)45-47(38,39)42-4-9-12(30-35)14(33)20(43-9)32-7-27-13-18(32)28-22(23)29-19(13)34/h5-7,9-10,12,14-16,20-21,33H,3-4H2,1-2H3,(H4-,23,28,29,34,36,37,38,39)/p+1. The van der Waals surface area contributed by atoms with E-state index in [2.05, 4.69) is 35.1 Å². The van der Waals surface area contributed by atoms with Gasteiger partial charge in [0.25, 0.3) is 5.56 Å². The highest BCUT2D eigenvalue weighted by Gasteiger charge is 2.52. The molecule has 0 aliphatic carbocycles. The highest BCUT2D eigenvalue weighted by atomic mass is 31.2. The van der Waals surface area contributed by atoms with Crippen LogP contribution in [0.25, 0.3) is 22.3 Å². The number of anilines is 1. The van der Waals surface area contributed by atoms with Crippen molar-refractivity contribution < 1.29 is 51.8 Å². The lowest BCUT2D eigenvalue weighted by Crippen LogP contribution is -2.37. The number of ether oxygens (including phenoxy) is 3. The molecule has 4 aromatic heterocycles. The summed E-state index contributed by atoms with van der Waals surface area (Å²) in [5.74, 6) is -0.244. The molecule has 2 aliphatic rings. The minimum atomic E-state index is -5.08. The quantitative estimate of drug-likeness (QED) is 0.0902. The number of imidazole rings is 2. The lowest BCUT2D eigenvalue weighted by molar-refractivity contribution is -0.0562. The number of nitrogen functional groups attached to an aromatic ring is 1. The van der Waals surface area contributed by atoms with Gasteiger partial charge in [0.1, 0.15) is 49.0 Å². The number of hydrogen-bond acceptors (Lipinski definition) is 18. The van der Waals surface area contributed by atoms with Gasteiger partial charge >= 0.3 is 16.1 Å². The summed E-state index contributed by atoms with van der Waals surface area (Å²) in [6.45, 7) is 0.362. The number of aromatic nitrogens is 8. The number of phosphoric acid groups is 1. The summed E-state index contributed by atoms with van der Waals surface area (Å²) in [7, 11) is -6.88. The topological polar surface area (TPSA) is 313 Å². The van der Waals surface area contributed by atoms with Crippen molar-refractivity contribution in [3.8, 4) is 0 Å². The maximum absolute atomic E-state index is 13.3. The van der Waals surface area contributed by atoms with Crippen molar-refractivity contribution in [1.82, 2.24) is 39.0 Å². The first kappa shape index (κ1) is 33.2. The van der Waals surface area contributed by atoms with E-state index in [1.807, 2.05) is 0 Å². The van der Waals surface area contributed by atoms with Crippen LogP contribution in [-0.4, -0.2) is 111 Å². The molecular weight excluding hydrogens is 674 g/mol. The zero-order chi connectivity index (χ0) is 33.6. The number of aliphatic hydroxyl groups is 1. The van der Waals surface area contributed by atoms with Crippen molar-refractivity contribution in [1.29, 1.82) is 0 Å². The van der Waals surface area contributed by atoms with E-state index < -0.39 is 83.9 Å². The molecule has 0 radical (unpaired) electrons. The molecule has 23 nitrogen and oxygen atoms in total. The number of H-pyrrole nitrogens is 1. The molecule has 2 saturated heterocycles. The lowest BCUT2D eigenvalue weighted by atomic mass is 10.1. The monoisotopic (exact) mass is 701 g/mol. The molecule has 25 heteroatoms. The molecule has 6 N–H and O–H groups in total. The summed E-state index contributed by atoms with van der Waals surface area (Å²) in [5.41, 5.74) is 6.13. The van der Waals surface area contributed by atoms with Crippen LogP contribution in [0, 0.1) is 11.8 Å². The van der Waals surface area contributed by atoms with Crippen LogP contribution < -0.4 is 11.3 Å². The Bertz CT molecular complexity index is 1920. The zero-order valence-electron chi connectivity index (χ0n) is 24.2. The zero-order valence-corrected chi connectivity index (χ0v) is 26.0. The van der Waals surface area contributed by atoms with E-state index in [4.69, 9.17) is 33.5 Å². The number of nitrogens with one attached hydrogen (secondary N) is 1. The molecule has 0 spiro atoms. The molecule has 10 unspecified atom stereocenters. The molecule has 2 aliphatic heterocycles. The summed E-state index contributed by atoms with van der Waals surface area (Å²) in [4.78, 5) is 66.7. The molecule has 0 aromatic carbocycles. The van der Waals surface area contributed by atoms with Gasteiger partial charge in [-0.2, -0.15) is 9.89 Å². The van der Waals surface area contributed by atoms with Gasteiger partial charge in [0.2, 0.25) is 5.95 Å². The van der Waals surface area contributed by atoms with Crippen molar-refractivity contribution in [3.63, 3.8) is 0 Å². The molecule has 0 saturated carbocycles. The SMILES string of the molecule is COC1C(OP(=O)(O)OCC2OC(n3cnc4c(=O)[nH]c(N)nc43)C(O)C2N=O)C(CO[P+](=O)O)OC1n1cnc2c(C)ncnc21. The van der Waals surface area contributed by atoms with E-state index in [1.54, 1.807) is 6.92 Å². The van der Waals surface area contributed by atoms with E-state index in [0.717, 1.165) is 10.9 Å². The number of nitrogens with two attached hydrogens (primary N) is 1. The second-order valence-corrected chi connectivity index (χ2v) is 12.5. The Morgan fingerprint density at radius 3 is 2.49 bits per heavy atom. The number of nitrogens with zero attached hydrogens (tertiary/aromatic N) is 8. The predicted octanol–water partition coefficient (Wildman–Crippen LogP) is -0.676. The Balaban J connectivity index is 1.20. The van der Waals surface area contributed by atoms with E-state index in [1.165, 1.54) is 24.3 Å². The molecule has 10 atom stereocenters. The van der Waals surface area contributed by atoms with Gasteiger partial charge < -0.3 is 29.9 Å². The maximum Gasteiger partial charge on any atom is 0.694 e. The predicted molar refractivity (Wildman–Crippen MR) is 153 cm³/mol. The summed E-state index contributed by atoms with van der Waals surface area (Å²) in [6, 6.07) is -1.51. The molecule has 6 rings (SSSR count). The number of nitroso groups, excluding NO2 is 1. The normalized spacial score (nSPS) is 29.4. The van der Waals surface area contributed by atoms with Crippen molar-refractivity contribution in [3.05, 3.63) is 39.9 Å². The third kappa shape index (κ3) is 6.30. The minimum Gasteiger partial charge on any atom is -0.386 e. The first-order valence-electron chi connectivity index (χ1n) is 13.6. The van der Waals surface area contributed by atoms with Gasteiger partial charge in [0.05, 0.1) is 25.0 Å². The molecule has 0 bridgehead atoms. The first-order valence-corrected chi connectivity index (χ1v) is 16.2. The number of methoxy groups -OCH3 is 1. The number of hydrogen-bond donors (Lipinski definition) is 5. The second-order valence-electron chi connectivity index (χ2n) is 10.3. The smallest absolute Gasteiger partial charge is 0.386 e. The number of aliphatic hydroxyl groups excluding tert-OH is 1. The van der Waals surface area contributed by atoms with Gasteiger partial charge in [-0.05, 0) is 6.92 Å². The number of fused-ring (bicyclic) bond motifs is 2. The third-order valence-electron chi connectivity index (χ3n) is 7.56. The van der Waals surface area contributed by atoms with Crippen molar-refractivity contribution in [2.75, 3.05) is 26.1 Å². The van der Waals surface area contributed by atoms with Gasteiger partial charge in [-0.3, -0.25) is 28.0 Å². The molecular formula is C22H27N10O13P2+. The first-order chi connectivity index (χ1) is 22.4. The van der Waals surface area contributed by atoms with Crippen molar-refractivity contribution >= 4 is 44.4 Å². The highest BCUT2D eigenvalue weighted by molar-refractivity contribution is 7.47. The Labute approximate surface area is 262 Å². The second kappa shape index (κ2) is 13.1. The van der Waals surface area contributed by atoms with Gasteiger partial charge in [-0.25, -0.2) is 24.5 Å². The molecule has 4 aromatic rings. The number of aromatic amines is 1. The maximum atomic E-state index is 13.3. The van der Waals surface area contributed by atoms with E-state index >= 15 is 0 Å². The third-order valence-corrected chi connectivity index (χ3v) is 8.92. The van der Waals surface area contributed by atoms with E-state index in [0.29, 0.717) is 16.9 Å². The Hall–Kier alpha value is -3.73. The lowest BCUT2D eigenvalue weighted by Gasteiger charge is -2.25. The number of aryl methyl sites for hydroxylation is 1. The van der Waals surface area contributed by atoms with Crippen LogP contribution in [0.5, 0.6) is 0 Å². The number of rotatable bonds is 12. The molecule has 6 heterocycles. The average Bonchev–Trinajstić information content (AvgIpc) is 3.78. The van der Waals surface area contributed by atoms with Crippen LogP contribution in [0.1, 0.15) is 18.1 Å². The van der Waals surface area contributed by atoms with Crippen LogP contribution in [0.15, 0.2) is 29.0 Å².